The van der Waals surface area contributed by atoms with Crippen LogP contribution in [-0.4, -0.2) is 67.9 Å². The molecule has 4 rings (SSSR count). The van der Waals surface area contributed by atoms with Crippen LogP contribution in [0.3, 0.4) is 0 Å². The van der Waals surface area contributed by atoms with Gasteiger partial charge in [-0.15, -0.1) is 0 Å². The van der Waals surface area contributed by atoms with Gasteiger partial charge in [-0.25, -0.2) is 4.79 Å². The second-order valence-electron chi connectivity index (χ2n) is 8.07. The molecule has 3 fully saturated rings. The molecule has 27 heavy (non-hydrogen) atoms. The summed E-state index contributed by atoms with van der Waals surface area (Å²) in [4.78, 5) is 16.5. The summed E-state index contributed by atoms with van der Waals surface area (Å²) in [6.45, 7) is 6.23. The number of carbonyl (C=O) groups is 1. The fourth-order valence-electron chi connectivity index (χ4n) is 4.82. The highest BCUT2D eigenvalue weighted by molar-refractivity contribution is 5.74. The molecule has 0 saturated carbocycles. The summed E-state index contributed by atoms with van der Waals surface area (Å²) in [7, 11) is 1.73. The molecule has 1 spiro atoms. The molecular formula is C21H31N3O3. The van der Waals surface area contributed by atoms with Crippen molar-refractivity contribution in [2.24, 2.45) is 5.92 Å². The SMILES string of the molecule is COc1ccccc1CN1CC2(C1)OCC[C@H]2CCNC(=O)N1CCCC1. The molecule has 6 heteroatoms. The molecule has 0 bridgehead atoms. The van der Waals surface area contributed by atoms with Gasteiger partial charge in [-0.2, -0.15) is 0 Å². The number of carbonyl (C=O) groups excluding carboxylic acids is 1. The smallest absolute Gasteiger partial charge is 0.317 e. The van der Waals surface area contributed by atoms with Crippen LogP contribution in [0.5, 0.6) is 5.75 Å². The Hall–Kier alpha value is -1.79. The van der Waals surface area contributed by atoms with E-state index in [1.165, 1.54) is 5.56 Å². The summed E-state index contributed by atoms with van der Waals surface area (Å²) in [6.07, 6.45) is 4.37. The van der Waals surface area contributed by atoms with E-state index >= 15 is 0 Å². The normalized spacial score (nSPS) is 24.2. The van der Waals surface area contributed by atoms with E-state index in [1.807, 2.05) is 17.0 Å². The van der Waals surface area contributed by atoms with E-state index in [1.54, 1.807) is 7.11 Å². The number of hydrogen-bond acceptors (Lipinski definition) is 4. The minimum Gasteiger partial charge on any atom is -0.496 e. The van der Waals surface area contributed by atoms with E-state index in [0.717, 1.165) is 77.3 Å². The zero-order valence-electron chi connectivity index (χ0n) is 16.3. The van der Waals surface area contributed by atoms with Gasteiger partial charge in [0.25, 0.3) is 0 Å². The summed E-state index contributed by atoms with van der Waals surface area (Å²) < 4.78 is 11.6. The predicted molar refractivity (Wildman–Crippen MR) is 104 cm³/mol. The first-order chi connectivity index (χ1) is 13.2. The van der Waals surface area contributed by atoms with Crippen LogP contribution in [0.1, 0.15) is 31.2 Å². The molecule has 3 aliphatic heterocycles. The largest absolute Gasteiger partial charge is 0.496 e. The number of para-hydroxylation sites is 1. The number of nitrogens with one attached hydrogen (secondary N) is 1. The first-order valence-corrected chi connectivity index (χ1v) is 10.2. The second kappa shape index (κ2) is 8.07. The molecule has 3 aliphatic rings. The Kier molecular flexibility index (Phi) is 5.55. The third-order valence-corrected chi connectivity index (χ3v) is 6.33. The minimum absolute atomic E-state index is 0.0135. The molecule has 1 aromatic carbocycles. The van der Waals surface area contributed by atoms with E-state index in [9.17, 15) is 4.79 Å². The molecule has 1 atom stereocenters. The molecule has 2 amide bonds. The van der Waals surface area contributed by atoms with E-state index in [0.29, 0.717) is 5.92 Å². The molecule has 0 aromatic heterocycles. The molecule has 0 radical (unpaired) electrons. The lowest BCUT2D eigenvalue weighted by Gasteiger charge is -2.50. The maximum Gasteiger partial charge on any atom is 0.317 e. The Labute approximate surface area is 161 Å². The predicted octanol–water partition coefficient (Wildman–Crippen LogP) is 2.48. The lowest BCUT2D eigenvalue weighted by Crippen LogP contribution is -2.64. The van der Waals surface area contributed by atoms with Crippen LogP contribution in [0.15, 0.2) is 24.3 Å². The molecule has 3 saturated heterocycles. The lowest BCUT2D eigenvalue weighted by molar-refractivity contribution is -0.136. The molecule has 6 nitrogen and oxygen atoms in total. The van der Waals surface area contributed by atoms with Crippen LogP contribution >= 0.6 is 0 Å². The number of urea groups is 1. The Morgan fingerprint density at radius 2 is 2.07 bits per heavy atom. The molecule has 1 N–H and O–H groups in total. The van der Waals surface area contributed by atoms with Crippen molar-refractivity contribution in [2.45, 2.75) is 37.8 Å². The Morgan fingerprint density at radius 1 is 1.30 bits per heavy atom. The molecule has 0 aliphatic carbocycles. The van der Waals surface area contributed by atoms with Crippen LogP contribution < -0.4 is 10.1 Å². The summed E-state index contributed by atoms with van der Waals surface area (Å²) >= 11 is 0. The van der Waals surface area contributed by atoms with Crippen LogP contribution in [0, 0.1) is 5.92 Å². The van der Waals surface area contributed by atoms with Crippen molar-refractivity contribution in [2.75, 3.05) is 46.4 Å². The maximum absolute atomic E-state index is 12.1. The molecular weight excluding hydrogens is 342 g/mol. The number of rotatable bonds is 6. The van der Waals surface area contributed by atoms with Crippen LogP contribution in [0.25, 0.3) is 0 Å². The lowest BCUT2D eigenvalue weighted by atomic mass is 9.78. The van der Waals surface area contributed by atoms with Crippen LogP contribution in [-0.2, 0) is 11.3 Å². The highest BCUT2D eigenvalue weighted by Crippen LogP contribution is 2.42. The highest BCUT2D eigenvalue weighted by atomic mass is 16.5. The fraction of sp³-hybridized carbons (Fsp3) is 0.667. The van der Waals surface area contributed by atoms with Crippen molar-refractivity contribution in [3.05, 3.63) is 29.8 Å². The van der Waals surface area contributed by atoms with E-state index in [4.69, 9.17) is 9.47 Å². The average molecular weight is 373 g/mol. The van der Waals surface area contributed by atoms with Crippen molar-refractivity contribution in [3.63, 3.8) is 0 Å². The summed E-state index contributed by atoms with van der Waals surface area (Å²) in [6, 6.07) is 8.32. The van der Waals surface area contributed by atoms with Crippen molar-refractivity contribution < 1.29 is 14.3 Å². The number of benzene rings is 1. The summed E-state index contributed by atoms with van der Waals surface area (Å²) in [5.74, 6) is 1.48. The number of amides is 2. The average Bonchev–Trinajstić information content (AvgIpc) is 3.32. The van der Waals surface area contributed by atoms with Gasteiger partial charge in [0.1, 0.15) is 5.75 Å². The quantitative estimate of drug-likeness (QED) is 0.832. The number of hydrogen-bond donors (Lipinski definition) is 1. The van der Waals surface area contributed by atoms with Crippen LogP contribution in [0.4, 0.5) is 4.79 Å². The fourth-order valence-corrected chi connectivity index (χ4v) is 4.82. The van der Waals surface area contributed by atoms with Gasteiger partial charge in [0.2, 0.25) is 0 Å². The molecule has 1 aromatic rings. The maximum atomic E-state index is 12.1. The van der Waals surface area contributed by atoms with Gasteiger partial charge in [0.05, 0.1) is 12.7 Å². The van der Waals surface area contributed by atoms with Crippen molar-refractivity contribution in [1.82, 2.24) is 15.1 Å². The third-order valence-electron chi connectivity index (χ3n) is 6.33. The van der Waals surface area contributed by atoms with Gasteiger partial charge in [0.15, 0.2) is 0 Å². The number of nitrogens with zero attached hydrogens (tertiary/aromatic N) is 2. The molecule has 0 unspecified atom stereocenters. The second-order valence-corrected chi connectivity index (χ2v) is 8.07. The number of ether oxygens (including phenoxy) is 2. The monoisotopic (exact) mass is 373 g/mol. The zero-order valence-corrected chi connectivity index (χ0v) is 16.3. The van der Waals surface area contributed by atoms with E-state index in [2.05, 4.69) is 22.3 Å². The standard InChI is InChI=1S/C21H31N3O3/c1-26-19-7-3-2-6-17(19)14-23-15-21(16-23)18(9-13-27-21)8-10-22-20(25)24-11-4-5-12-24/h2-3,6-7,18H,4-5,8-16H2,1H3,(H,22,25)/t18-/m1/s1. The van der Waals surface area contributed by atoms with Gasteiger partial charge in [-0.05, 0) is 37.7 Å². The van der Waals surface area contributed by atoms with E-state index in [-0.39, 0.29) is 11.6 Å². The minimum atomic E-state index is -0.0135. The first-order valence-electron chi connectivity index (χ1n) is 10.2. The van der Waals surface area contributed by atoms with Crippen LogP contribution in [0.2, 0.25) is 0 Å². The van der Waals surface area contributed by atoms with Gasteiger partial charge in [-0.3, -0.25) is 4.90 Å². The van der Waals surface area contributed by atoms with Gasteiger partial charge >= 0.3 is 6.03 Å². The van der Waals surface area contributed by atoms with Gasteiger partial charge in [0, 0.05) is 51.4 Å². The third kappa shape index (κ3) is 3.92. The number of likely N-dealkylation sites (tertiary alicyclic amines) is 2. The van der Waals surface area contributed by atoms with Gasteiger partial charge in [-0.1, -0.05) is 18.2 Å². The Bertz CT molecular complexity index is 654. The van der Waals surface area contributed by atoms with E-state index < -0.39 is 0 Å². The highest BCUT2D eigenvalue weighted by Gasteiger charge is 2.52. The topological polar surface area (TPSA) is 54.0 Å². The van der Waals surface area contributed by atoms with Crippen molar-refractivity contribution >= 4 is 6.03 Å². The zero-order chi connectivity index (χ0) is 18.7. The Balaban J connectivity index is 1.25. The Morgan fingerprint density at radius 3 is 2.85 bits per heavy atom. The van der Waals surface area contributed by atoms with Gasteiger partial charge < -0.3 is 19.7 Å². The van der Waals surface area contributed by atoms with Crippen molar-refractivity contribution in [3.8, 4) is 5.75 Å². The molecule has 3 heterocycles. The van der Waals surface area contributed by atoms with Crippen molar-refractivity contribution in [1.29, 1.82) is 0 Å². The number of methoxy groups -OCH3 is 1. The summed E-state index contributed by atoms with van der Waals surface area (Å²) in [5, 5.41) is 3.10. The summed E-state index contributed by atoms with van der Waals surface area (Å²) in [5.41, 5.74) is 1.21. The first kappa shape index (κ1) is 18.6. The molecule has 148 valence electrons.